The van der Waals surface area contributed by atoms with E-state index in [2.05, 4.69) is 19.8 Å². The summed E-state index contributed by atoms with van der Waals surface area (Å²) in [6, 6.07) is 4.63. The van der Waals surface area contributed by atoms with Gasteiger partial charge in [0, 0.05) is 49.8 Å². The number of aromatic amines is 1. The van der Waals surface area contributed by atoms with Crippen LogP contribution in [0.25, 0.3) is 33.9 Å². The Labute approximate surface area is 276 Å². The molecule has 255 valence electrons. The van der Waals surface area contributed by atoms with Gasteiger partial charge in [0.15, 0.2) is 11.5 Å². The number of ether oxygens (including phenoxy) is 2. The molecule has 4 aromatic rings. The molecule has 4 aromatic heterocycles. The van der Waals surface area contributed by atoms with E-state index in [0.29, 0.717) is 54.4 Å². The lowest BCUT2D eigenvalue weighted by atomic mass is 9.86. The third-order valence-corrected chi connectivity index (χ3v) is 10.1. The fraction of sp³-hybridized carbons (Fsp3) is 0.559. The quantitative estimate of drug-likeness (QED) is 0.203. The highest BCUT2D eigenvalue weighted by Crippen LogP contribution is 2.42. The molecule has 0 spiro atoms. The van der Waals surface area contributed by atoms with Crippen molar-refractivity contribution < 1.29 is 27.8 Å². The molecule has 0 unspecified atom stereocenters. The van der Waals surface area contributed by atoms with Crippen LogP contribution in [0.3, 0.4) is 0 Å². The Morgan fingerprint density at radius 1 is 1.02 bits per heavy atom. The Kier molecular flexibility index (Phi) is 8.65. The van der Waals surface area contributed by atoms with Gasteiger partial charge in [0.2, 0.25) is 5.88 Å². The van der Waals surface area contributed by atoms with Crippen LogP contribution in [0, 0.1) is 5.41 Å². The summed E-state index contributed by atoms with van der Waals surface area (Å²) >= 11 is 0. The second kappa shape index (κ2) is 12.8. The van der Waals surface area contributed by atoms with Gasteiger partial charge in [-0.1, -0.05) is 12.8 Å². The molecule has 0 aromatic carbocycles. The first-order valence-corrected chi connectivity index (χ1v) is 16.7. The van der Waals surface area contributed by atoms with Crippen molar-refractivity contribution in [3.63, 3.8) is 0 Å². The predicted molar refractivity (Wildman–Crippen MR) is 173 cm³/mol. The Morgan fingerprint density at radius 2 is 1.77 bits per heavy atom. The van der Waals surface area contributed by atoms with Crippen molar-refractivity contribution in [1.29, 1.82) is 0 Å². The van der Waals surface area contributed by atoms with Gasteiger partial charge in [-0.3, -0.25) is 0 Å². The minimum atomic E-state index is -4.67. The monoisotopic (exact) mass is 665 g/mol. The zero-order chi connectivity index (χ0) is 33.6. The number of piperidine rings is 1. The molecule has 14 heteroatoms. The summed E-state index contributed by atoms with van der Waals surface area (Å²) in [6.45, 7) is 3.15. The van der Waals surface area contributed by atoms with Crippen LogP contribution in [0.5, 0.6) is 5.88 Å². The number of halogens is 3. The Balaban J connectivity index is 1.29. The molecule has 2 saturated heterocycles. The molecular formula is C34H40F3N8O3. The number of nitrogens with zero attached hydrogens (tertiary/aromatic N) is 7. The summed E-state index contributed by atoms with van der Waals surface area (Å²) in [4.78, 5) is 30.4. The predicted octanol–water partition coefficient (Wildman–Crippen LogP) is 6.47. The van der Waals surface area contributed by atoms with E-state index in [1.54, 1.807) is 32.5 Å². The van der Waals surface area contributed by atoms with E-state index < -0.39 is 18.0 Å². The zero-order valence-electron chi connectivity index (χ0n) is 27.4. The highest BCUT2D eigenvalue weighted by molar-refractivity contribution is 5.91. The summed E-state index contributed by atoms with van der Waals surface area (Å²) in [5, 5.41) is 12.2. The summed E-state index contributed by atoms with van der Waals surface area (Å²) in [7, 11) is 3.69. The number of rotatable bonds is 10. The van der Waals surface area contributed by atoms with Crippen LogP contribution in [0.1, 0.15) is 64.0 Å². The lowest BCUT2D eigenvalue weighted by molar-refractivity contribution is -0.141. The third-order valence-electron chi connectivity index (χ3n) is 10.1. The van der Waals surface area contributed by atoms with E-state index in [1.165, 1.54) is 6.07 Å². The van der Waals surface area contributed by atoms with Crippen LogP contribution in [0.4, 0.5) is 24.7 Å². The number of pyridine rings is 2. The summed E-state index contributed by atoms with van der Waals surface area (Å²) in [5.41, 5.74) is 1.63. The number of anilines is 2. The van der Waals surface area contributed by atoms with Crippen LogP contribution >= 0.6 is 0 Å². The standard InChI is InChI=1S/C34H40F3N8O3/c1-4-48-29-12-20(11-27(41-29)34(35,36)37)24-15-26(44(2)18-33(19-47-3)9-5-6-10-33)30-32(40-24)43-31(42-30)25-16-39-28(17-38-25)45-21-7-8-22(45)14-23(46)13-21/h11-12,15-17,21-23H,4-10,13-14,18-19H2,1-3H3,(H,40,42,43)/t21-,22+,23+. The second-order valence-corrected chi connectivity index (χ2v) is 13.5. The molecule has 11 nitrogen and oxygen atoms in total. The first-order valence-electron chi connectivity index (χ1n) is 16.7. The number of hydrogen-bond donors (Lipinski definition) is 1. The lowest BCUT2D eigenvalue weighted by Gasteiger charge is -2.37. The fourth-order valence-electron chi connectivity index (χ4n) is 8.01. The maximum atomic E-state index is 13.9. The minimum absolute atomic E-state index is 0.0500. The molecule has 7 rings (SSSR count). The summed E-state index contributed by atoms with van der Waals surface area (Å²) < 4.78 is 52.8. The van der Waals surface area contributed by atoms with E-state index in [9.17, 15) is 18.3 Å². The van der Waals surface area contributed by atoms with E-state index in [-0.39, 0.29) is 35.5 Å². The van der Waals surface area contributed by atoms with Crippen LogP contribution in [0.15, 0.2) is 30.6 Å². The molecule has 1 N–H and O–H groups in total. The van der Waals surface area contributed by atoms with Crippen molar-refractivity contribution in [2.45, 2.75) is 82.7 Å². The van der Waals surface area contributed by atoms with Crippen LogP contribution in [0.2, 0.25) is 0 Å². The molecule has 1 radical (unpaired) electrons. The van der Waals surface area contributed by atoms with Crippen LogP contribution in [-0.4, -0.2) is 82.0 Å². The van der Waals surface area contributed by atoms with Crippen molar-refractivity contribution >= 4 is 22.7 Å². The SMILES string of the molecule is CCOc1cc(-c2cc(N(C)CC3(COC)CCCC3)c3[nH]c(-c4cnc(N5[C@@H]6CC[C@H]5C[C@@H]([O])C6)cn4)nc3n2)cc(C(F)(F)F)n1. The van der Waals surface area contributed by atoms with Gasteiger partial charge in [-0.15, -0.1) is 0 Å². The van der Waals surface area contributed by atoms with Gasteiger partial charge in [-0.05, 0) is 57.6 Å². The Morgan fingerprint density at radius 3 is 2.42 bits per heavy atom. The number of hydrogen-bond acceptors (Lipinski definition) is 9. The average Bonchev–Trinajstić information content (AvgIpc) is 3.76. The van der Waals surface area contributed by atoms with E-state index in [0.717, 1.165) is 56.1 Å². The first kappa shape index (κ1) is 32.5. The minimum Gasteiger partial charge on any atom is -0.478 e. The third kappa shape index (κ3) is 6.27. The van der Waals surface area contributed by atoms with Gasteiger partial charge < -0.3 is 24.3 Å². The molecule has 3 fully saturated rings. The van der Waals surface area contributed by atoms with Crippen molar-refractivity contribution in [3.8, 4) is 28.7 Å². The fourth-order valence-corrected chi connectivity index (χ4v) is 8.01. The van der Waals surface area contributed by atoms with Gasteiger partial charge in [0.05, 0.1) is 43.1 Å². The molecule has 0 amide bonds. The lowest BCUT2D eigenvalue weighted by Crippen LogP contribution is -2.44. The molecule has 2 bridgehead atoms. The number of aromatic nitrogens is 6. The number of H-pyrrole nitrogens is 1. The van der Waals surface area contributed by atoms with E-state index in [4.69, 9.17) is 29.4 Å². The van der Waals surface area contributed by atoms with Crippen molar-refractivity contribution in [1.82, 2.24) is 29.9 Å². The maximum absolute atomic E-state index is 13.9. The number of methoxy groups -OCH3 is 1. The van der Waals surface area contributed by atoms with Gasteiger partial charge >= 0.3 is 6.18 Å². The Bertz CT molecular complexity index is 1750. The number of imidazole rings is 1. The van der Waals surface area contributed by atoms with Gasteiger partial charge in [0.1, 0.15) is 22.7 Å². The summed E-state index contributed by atoms with van der Waals surface area (Å²) in [5.74, 6) is 1.06. The van der Waals surface area contributed by atoms with Crippen molar-refractivity contribution in [2.24, 2.45) is 5.41 Å². The van der Waals surface area contributed by atoms with E-state index in [1.807, 2.05) is 7.05 Å². The van der Waals surface area contributed by atoms with Gasteiger partial charge in [-0.25, -0.2) is 30.0 Å². The molecule has 1 saturated carbocycles. The molecule has 2 aliphatic heterocycles. The topological polar surface area (TPSA) is 125 Å². The van der Waals surface area contributed by atoms with Crippen LogP contribution < -0.4 is 14.5 Å². The summed E-state index contributed by atoms with van der Waals surface area (Å²) in [6.07, 6.45) is 5.68. The maximum Gasteiger partial charge on any atom is 0.433 e. The highest BCUT2D eigenvalue weighted by atomic mass is 19.4. The smallest absolute Gasteiger partial charge is 0.433 e. The van der Waals surface area contributed by atoms with Crippen molar-refractivity contribution in [3.05, 3.63) is 36.3 Å². The molecule has 6 heterocycles. The molecule has 3 aliphatic rings. The molecule has 3 atom stereocenters. The molecular weight excluding hydrogens is 625 g/mol. The van der Waals surface area contributed by atoms with Crippen molar-refractivity contribution in [2.75, 3.05) is 43.7 Å². The molecule has 1 aliphatic carbocycles. The zero-order valence-corrected chi connectivity index (χ0v) is 27.4. The largest absolute Gasteiger partial charge is 0.478 e. The Hall–Kier alpha value is -4.04. The van der Waals surface area contributed by atoms with Crippen LogP contribution in [-0.2, 0) is 16.0 Å². The van der Waals surface area contributed by atoms with Gasteiger partial charge in [0.25, 0.3) is 0 Å². The normalized spacial score (nSPS) is 22.1. The highest BCUT2D eigenvalue weighted by Gasteiger charge is 2.42. The second-order valence-electron chi connectivity index (χ2n) is 13.5. The number of fused-ring (bicyclic) bond motifs is 3. The van der Waals surface area contributed by atoms with Gasteiger partial charge in [-0.2, -0.15) is 13.2 Å². The molecule has 48 heavy (non-hydrogen) atoms. The number of alkyl halides is 3. The average molecular weight is 666 g/mol. The first-order chi connectivity index (χ1) is 23.1. The number of nitrogens with one attached hydrogen (secondary N) is 1. The van der Waals surface area contributed by atoms with E-state index >= 15 is 0 Å².